The van der Waals surface area contributed by atoms with E-state index in [1.165, 1.54) is 29.7 Å². The van der Waals surface area contributed by atoms with Crippen molar-refractivity contribution in [1.29, 1.82) is 0 Å². The molecule has 0 bridgehead atoms. The van der Waals surface area contributed by atoms with Crippen LogP contribution in [0.5, 0.6) is 0 Å². The number of rotatable bonds is 2. The van der Waals surface area contributed by atoms with Gasteiger partial charge in [0.15, 0.2) is 0 Å². The minimum absolute atomic E-state index is 0.197. The summed E-state index contributed by atoms with van der Waals surface area (Å²) < 4.78 is 5.55. The molecular formula is C17H22N2OS. The van der Waals surface area contributed by atoms with Gasteiger partial charge in [0.25, 0.3) is 0 Å². The van der Waals surface area contributed by atoms with E-state index in [9.17, 15) is 0 Å². The summed E-state index contributed by atoms with van der Waals surface area (Å²) in [6.45, 7) is 2.29. The molecule has 0 radical (unpaired) electrons. The largest absolute Gasteiger partial charge is 0.469 e. The summed E-state index contributed by atoms with van der Waals surface area (Å²) in [6, 6.07) is 2.05. The van der Waals surface area contributed by atoms with Crippen molar-refractivity contribution in [3.8, 4) is 11.3 Å². The zero-order chi connectivity index (χ0) is 14.4. The molecule has 2 heterocycles. The van der Waals surface area contributed by atoms with Crippen LogP contribution < -0.4 is 5.73 Å². The highest BCUT2D eigenvalue weighted by atomic mass is 32.1. The van der Waals surface area contributed by atoms with Gasteiger partial charge in [0.05, 0.1) is 17.5 Å². The lowest BCUT2D eigenvalue weighted by Gasteiger charge is -2.35. The second-order valence-corrected chi connectivity index (χ2v) is 7.64. The van der Waals surface area contributed by atoms with E-state index >= 15 is 0 Å². The molecule has 112 valence electrons. The van der Waals surface area contributed by atoms with E-state index in [-0.39, 0.29) is 5.54 Å². The average molecular weight is 302 g/mol. The van der Waals surface area contributed by atoms with Crippen LogP contribution in [0.15, 0.2) is 16.7 Å². The van der Waals surface area contributed by atoms with Crippen molar-refractivity contribution in [1.82, 2.24) is 4.98 Å². The van der Waals surface area contributed by atoms with Gasteiger partial charge >= 0.3 is 0 Å². The van der Waals surface area contributed by atoms with E-state index < -0.39 is 0 Å². The molecule has 4 rings (SSSR count). The summed E-state index contributed by atoms with van der Waals surface area (Å²) in [6.07, 6.45) is 9.74. The molecule has 0 saturated heterocycles. The van der Waals surface area contributed by atoms with Gasteiger partial charge in [-0.15, -0.1) is 11.3 Å². The molecule has 0 unspecified atom stereocenters. The van der Waals surface area contributed by atoms with E-state index in [1.807, 2.05) is 17.4 Å². The van der Waals surface area contributed by atoms with Crippen molar-refractivity contribution in [3.05, 3.63) is 28.0 Å². The van der Waals surface area contributed by atoms with Crippen LogP contribution in [-0.4, -0.2) is 4.98 Å². The normalized spacial score (nSPS) is 28.2. The maximum absolute atomic E-state index is 6.73. The maximum Gasteiger partial charge on any atom is 0.113 e. The first-order valence-electron chi connectivity index (χ1n) is 8.05. The first-order valence-corrected chi connectivity index (χ1v) is 8.87. The minimum atomic E-state index is -0.197. The topological polar surface area (TPSA) is 52.0 Å². The fourth-order valence-corrected chi connectivity index (χ4v) is 4.97. The highest BCUT2D eigenvalue weighted by Gasteiger charge is 2.37. The summed E-state index contributed by atoms with van der Waals surface area (Å²) in [5.74, 6) is 1.94. The molecule has 0 amide bonds. The number of aryl methyl sites for hydroxylation is 2. The predicted octanol–water partition coefficient (Wildman–Crippen LogP) is 4.26. The van der Waals surface area contributed by atoms with Gasteiger partial charge in [-0.2, -0.15) is 0 Å². The molecule has 2 aliphatic carbocycles. The van der Waals surface area contributed by atoms with Gasteiger partial charge in [-0.25, -0.2) is 4.98 Å². The Labute approximate surface area is 129 Å². The van der Waals surface area contributed by atoms with Gasteiger partial charge in [-0.05, 0) is 44.1 Å². The smallest absolute Gasteiger partial charge is 0.113 e. The molecule has 1 fully saturated rings. The maximum atomic E-state index is 6.73. The molecule has 1 saturated carbocycles. The van der Waals surface area contributed by atoms with Crippen LogP contribution in [0.25, 0.3) is 11.3 Å². The molecule has 0 aromatic carbocycles. The zero-order valence-electron chi connectivity index (χ0n) is 12.5. The van der Waals surface area contributed by atoms with Crippen LogP contribution in [0.2, 0.25) is 0 Å². The van der Waals surface area contributed by atoms with Crippen LogP contribution in [0.4, 0.5) is 0 Å². The first kappa shape index (κ1) is 13.5. The zero-order valence-corrected chi connectivity index (χ0v) is 13.3. The molecular weight excluding hydrogens is 280 g/mol. The fourth-order valence-electron chi connectivity index (χ4n) is 3.73. The van der Waals surface area contributed by atoms with Gasteiger partial charge in [0.1, 0.15) is 10.8 Å². The molecule has 0 atom stereocenters. The second kappa shape index (κ2) is 4.96. The number of hydrogen-bond donors (Lipinski definition) is 1. The Kier molecular flexibility index (Phi) is 3.19. The number of fused-ring (bicyclic) bond motifs is 3. The van der Waals surface area contributed by atoms with E-state index in [0.717, 1.165) is 48.1 Å². The Morgan fingerprint density at radius 1 is 1.38 bits per heavy atom. The summed E-state index contributed by atoms with van der Waals surface area (Å²) in [5, 5.41) is 1.15. The molecule has 2 aromatic heterocycles. The average Bonchev–Trinajstić information content (AvgIpc) is 3.14. The Bertz CT molecular complexity index is 650. The van der Waals surface area contributed by atoms with Crippen molar-refractivity contribution in [2.24, 2.45) is 11.7 Å². The third-order valence-corrected chi connectivity index (χ3v) is 6.61. The van der Waals surface area contributed by atoms with Gasteiger partial charge in [0.2, 0.25) is 0 Å². The summed E-state index contributed by atoms with van der Waals surface area (Å²) >= 11 is 1.84. The van der Waals surface area contributed by atoms with Crippen LogP contribution in [-0.2, 0) is 18.4 Å². The van der Waals surface area contributed by atoms with Crippen molar-refractivity contribution in [3.63, 3.8) is 0 Å². The molecule has 3 nitrogen and oxygen atoms in total. The SMILES string of the molecule is CCC1CCC(N)(c2nc3c(s2)CCc2occc2-3)CC1. The lowest BCUT2D eigenvalue weighted by Crippen LogP contribution is -2.40. The first-order chi connectivity index (χ1) is 10.2. The van der Waals surface area contributed by atoms with Crippen molar-refractivity contribution in [2.75, 3.05) is 0 Å². The quantitative estimate of drug-likeness (QED) is 0.902. The number of aromatic nitrogens is 1. The lowest BCUT2D eigenvalue weighted by atomic mass is 9.76. The fraction of sp³-hybridized carbons (Fsp3) is 0.588. The summed E-state index contributed by atoms with van der Waals surface area (Å²) in [4.78, 5) is 6.33. The van der Waals surface area contributed by atoms with Crippen LogP contribution in [0, 0.1) is 5.92 Å². The third kappa shape index (κ3) is 2.16. The van der Waals surface area contributed by atoms with Gasteiger partial charge in [-0.3, -0.25) is 0 Å². The third-order valence-electron chi connectivity index (χ3n) is 5.28. The number of thiazole rings is 1. The van der Waals surface area contributed by atoms with Crippen LogP contribution in [0.1, 0.15) is 54.7 Å². The van der Waals surface area contributed by atoms with E-state index in [2.05, 4.69) is 6.92 Å². The van der Waals surface area contributed by atoms with E-state index in [1.54, 1.807) is 6.26 Å². The lowest BCUT2D eigenvalue weighted by molar-refractivity contribution is 0.231. The van der Waals surface area contributed by atoms with Crippen molar-refractivity contribution >= 4 is 11.3 Å². The summed E-state index contributed by atoms with van der Waals surface area (Å²) in [5.41, 5.74) is 8.85. The molecule has 4 heteroatoms. The van der Waals surface area contributed by atoms with Crippen LogP contribution >= 0.6 is 11.3 Å². The summed E-state index contributed by atoms with van der Waals surface area (Å²) in [7, 11) is 0. The highest BCUT2D eigenvalue weighted by molar-refractivity contribution is 7.12. The Morgan fingerprint density at radius 3 is 2.95 bits per heavy atom. The Balaban J connectivity index is 1.66. The van der Waals surface area contributed by atoms with Crippen LogP contribution in [0.3, 0.4) is 0 Å². The molecule has 21 heavy (non-hydrogen) atoms. The Hall–Kier alpha value is -1.13. The Morgan fingerprint density at radius 2 is 2.19 bits per heavy atom. The molecule has 2 N–H and O–H groups in total. The van der Waals surface area contributed by atoms with E-state index in [4.69, 9.17) is 15.1 Å². The molecule has 0 spiro atoms. The number of furan rings is 1. The minimum Gasteiger partial charge on any atom is -0.469 e. The van der Waals surface area contributed by atoms with Gasteiger partial charge in [-0.1, -0.05) is 13.3 Å². The van der Waals surface area contributed by atoms with Crippen molar-refractivity contribution in [2.45, 2.75) is 57.4 Å². The van der Waals surface area contributed by atoms with E-state index in [0.29, 0.717) is 0 Å². The van der Waals surface area contributed by atoms with Crippen molar-refractivity contribution < 1.29 is 4.42 Å². The van der Waals surface area contributed by atoms with Gasteiger partial charge in [0, 0.05) is 16.9 Å². The standard InChI is InChI=1S/C17H22N2OS/c1-2-11-5-8-17(18,9-6-11)16-19-15-12-7-10-20-13(12)3-4-14(15)21-16/h7,10-11H,2-6,8-9,18H2,1H3. The second-order valence-electron chi connectivity index (χ2n) is 6.56. The molecule has 2 aromatic rings. The number of nitrogens with two attached hydrogens (primary N) is 1. The highest BCUT2D eigenvalue weighted by Crippen LogP contribution is 2.44. The van der Waals surface area contributed by atoms with Gasteiger partial charge < -0.3 is 10.2 Å². The number of nitrogens with zero attached hydrogens (tertiary/aromatic N) is 1. The molecule has 2 aliphatic rings. The predicted molar refractivity (Wildman–Crippen MR) is 85.3 cm³/mol. The number of hydrogen-bond acceptors (Lipinski definition) is 4. The monoisotopic (exact) mass is 302 g/mol. The molecule has 0 aliphatic heterocycles.